The number of hydrogen-bond donors (Lipinski definition) is 1. The first-order chi connectivity index (χ1) is 4.70. The Balaban J connectivity index is 0.000001000. The van der Waals surface area contributed by atoms with E-state index in [4.69, 9.17) is 5.21 Å². The summed E-state index contributed by atoms with van der Waals surface area (Å²) in [6.07, 6.45) is 3.19. The predicted octanol–water partition coefficient (Wildman–Crippen LogP) is -0.103. The fourth-order valence-corrected chi connectivity index (χ4v) is 0.709. The van der Waals surface area contributed by atoms with Crippen LogP contribution >= 0.6 is 0 Å². The molecular formula is C7H11MgN2O+3. The van der Waals surface area contributed by atoms with Gasteiger partial charge < -0.3 is 4.90 Å². The number of pyridine rings is 1. The predicted molar refractivity (Wildman–Crippen MR) is 43.9 cm³/mol. The maximum Gasteiger partial charge on any atom is 2.00 e. The van der Waals surface area contributed by atoms with Crippen LogP contribution in [0.15, 0.2) is 24.5 Å². The zero-order valence-corrected chi connectivity index (χ0v) is 8.27. The van der Waals surface area contributed by atoms with E-state index in [0.29, 0.717) is 0 Å². The Labute approximate surface area is 82.4 Å². The van der Waals surface area contributed by atoms with Crippen molar-refractivity contribution in [3.05, 3.63) is 24.5 Å². The Morgan fingerprint density at radius 3 is 2.09 bits per heavy atom. The van der Waals surface area contributed by atoms with Gasteiger partial charge in [-0.1, -0.05) is 0 Å². The first-order valence-corrected chi connectivity index (χ1v) is 3.08. The van der Waals surface area contributed by atoms with Crippen molar-refractivity contribution in [3.63, 3.8) is 0 Å². The van der Waals surface area contributed by atoms with Crippen molar-refractivity contribution in [1.29, 1.82) is 0 Å². The molecule has 0 saturated heterocycles. The van der Waals surface area contributed by atoms with Crippen LogP contribution in [0.4, 0.5) is 5.69 Å². The number of anilines is 1. The summed E-state index contributed by atoms with van der Waals surface area (Å²) in [6, 6.07) is 3.67. The maximum absolute atomic E-state index is 8.84. The molecule has 54 valence electrons. The quantitative estimate of drug-likeness (QED) is 0.356. The molecule has 0 fully saturated rings. The largest absolute Gasteiger partial charge is 2.00 e. The fourth-order valence-electron chi connectivity index (χ4n) is 0.709. The van der Waals surface area contributed by atoms with E-state index in [1.54, 1.807) is 12.4 Å². The molecule has 0 aliphatic carbocycles. The summed E-state index contributed by atoms with van der Waals surface area (Å²) < 4.78 is 1.02. The van der Waals surface area contributed by atoms with Crippen LogP contribution in [0.2, 0.25) is 0 Å². The molecule has 1 N–H and O–H groups in total. The van der Waals surface area contributed by atoms with E-state index in [9.17, 15) is 0 Å². The van der Waals surface area contributed by atoms with Crippen LogP contribution in [0.25, 0.3) is 0 Å². The number of nitrogens with zero attached hydrogens (tertiary/aromatic N) is 2. The fraction of sp³-hybridized carbons (Fsp3) is 0.286. The van der Waals surface area contributed by atoms with Gasteiger partial charge in [-0.2, -0.15) is 0 Å². The van der Waals surface area contributed by atoms with E-state index >= 15 is 0 Å². The van der Waals surface area contributed by atoms with Crippen LogP contribution in [-0.4, -0.2) is 42.4 Å². The van der Waals surface area contributed by atoms with E-state index in [1.165, 1.54) is 0 Å². The molecule has 0 radical (unpaired) electrons. The molecule has 1 heterocycles. The molecule has 1 rings (SSSR count). The summed E-state index contributed by atoms with van der Waals surface area (Å²) in [5.41, 5.74) is 1.07. The molecule has 1 aromatic rings. The van der Waals surface area contributed by atoms with Gasteiger partial charge in [0, 0.05) is 36.6 Å². The average molecular weight is 163 g/mol. The molecule has 11 heavy (non-hydrogen) atoms. The van der Waals surface area contributed by atoms with E-state index in [0.717, 1.165) is 10.4 Å². The summed E-state index contributed by atoms with van der Waals surface area (Å²) in [5, 5.41) is 8.84. The molecule has 0 aromatic carbocycles. The minimum atomic E-state index is 0. The normalized spacial score (nSPS) is 8.55. The monoisotopic (exact) mass is 163 g/mol. The zero-order chi connectivity index (χ0) is 7.56. The molecule has 0 unspecified atom stereocenters. The minimum Gasteiger partial charge on any atom is -0.377 e. The third kappa shape index (κ3) is 2.94. The third-order valence-corrected chi connectivity index (χ3v) is 1.31. The van der Waals surface area contributed by atoms with Crippen molar-refractivity contribution in [2.45, 2.75) is 0 Å². The van der Waals surface area contributed by atoms with E-state index in [-0.39, 0.29) is 23.1 Å². The van der Waals surface area contributed by atoms with Crippen LogP contribution in [0.5, 0.6) is 0 Å². The van der Waals surface area contributed by atoms with Gasteiger partial charge in [0.05, 0.1) is 0 Å². The summed E-state index contributed by atoms with van der Waals surface area (Å²) in [6.45, 7) is 0. The maximum atomic E-state index is 8.84. The molecule has 0 amide bonds. The topological polar surface area (TPSA) is 27.4 Å². The molecule has 1 aromatic heterocycles. The second kappa shape index (κ2) is 4.41. The standard InChI is InChI=1S/C7H11N2O.Mg/c1-8(2)7-3-5-9(10)6-4-7;/h3-6,10H,1-2H3;/q+1;+2. The van der Waals surface area contributed by atoms with Crippen LogP contribution in [0.1, 0.15) is 0 Å². The molecule has 0 spiro atoms. The van der Waals surface area contributed by atoms with Gasteiger partial charge in [0.2, 0.25) is 12.4 Å². The molecule has 0 aliphatic rings. The summed E-state index contributed by atoms with van der Waals surface area (Å²) >= 11 is 0. The number of hydrogen-bond acceptors (Lipinski definition) is 2. The first-order valence-electron chi connectivity index (χ1n) is 3.08. The summed E-state index contributed by atoms with van der Waals surface area (Å²) in [7, 11) is 3.91. The van der Waals surface area contributed by atoms with Gasteiger partial charge in [0.1, 0.15) is 0 Å². The summed E-state index contributed by atoms with van der Waals surface area (Å²) in [4.78, 5) is 1.97. The van der Waals surface area contributed by atoms with Crippen molar-refractivity contribution in [3.8, 4) is 0 Å². The number of rotatable bonds is 1. The smallest absolute Gasteiger partial charge is 0.377 e. The van der Waals surface area contributed by atoms with Gasteiger partial charge in [-0.25, -0.2) is 0 Å². The Hall–Kier alpha value is -0.484. The van der Waals surface area contributed by atoms with Crippen molar-refractivity contribution in [1.82, 2.24) is 0 Å². The number of aromatic nitrogens is 1. The van der Waals surface area contributed by atoms with E-state index in [1.807, 2.05) is 31.1 Å². The molecule has 0 bridgehead atoms. The Kier molecular flexibility index (Phi) is 4.21. The van der Waals surface area contributed by atoms with E-state index < -0.39 is 0 Å². The van der Waals surface area contributed by atoms with Crippen LogP contribution in [0, 0.1) is 0 Å². The molecule has 3 nitrogen and oxygen atoms in total. The van der Waals surface area contributed by atoms with Crippen molar-refractivity contribution in [2.75, 3.05) is 19.0 Å². The first kappa shape index (κ1) is 10.5. The Bertz CT molecular complexity index is 210. The summed E-state index contributed by atoms with van der Waals surface area (Å²) in [5.74, 6) is 0. The molecule has 0 aliphatic heterocycles. The second-order valence-corrected chi connectivity index (χ2v) is 2.33. The van der Waals surface area contributed by atoms with Gasteiger partial charge in [0.25, 0.3) is 0 Å². The van der Waals surface area contributed by atoms with Crippen molar-refractivity contribution < 1.29 is 9.94 Å². The average Bonchev–Trinajstić information content (AvgIpc) is 1.88. The minimum absolute atomic E-state index is 0. The van der Waals surface area contributed by atoms with Gasteiger partial charge >= 0.3 is 23.1 Å². The molecule has 0 saturated carbocycles. The van der Waals surface area contributed by atoms with Gasteiger partial charge in [0.15, 0.2) is 0 Å². The van der Waals surface area contributed by atoms with Crippen LogP contribution in [-0.2, 0) is 0 Å². The zero-order valence-electron chi connectivity index (χ0n) is 6.86. The van der Waals surface area contributed by atoms with Gasteiger partial charge in [-0.05, 0) is 0 Å². The third-order valence-electron chi connectivity index (χ3n) is 1.31. The Morgan fingerprint density at radius 2 is 1.73 bits per heavy atom. The Morgan fingerprint density at radius 1 is 1.27 bits per heavy atom. The molecule has 0 atom stereocenters. The second-order valence-electron chi connectivity index (χ2n) is 2.33. The molecule has 4 heteroatoms. The van der Waals surface area contributed by atoms with Gasteiger partial charge in [-0.3, -0.25) is 5.21 Å². The van der Waals surface area contributed by atoms with Gasteiger partial charge in [-0.15, -0.1) is 0 Å². The van der Waals surface area contributed by atoms with Crippen molar-refractivity contribution in [2.24, 2.45) is 0 Å². The van der Waals surface area contributed by atoms with Crippen LogP contribution in [0.3, 0.4) is 0 Å². The van der Waals surface area contributed by atoms with E-state index in [2.05, 4.69) is 0 Å². The SMILES string of the molecule is CN(C)c1cc[n+](O)cc1.[Mg+2]. The van der Waals surface area contributed by atoms with Crippen molar-refractivity contribution >= 4 is 28.7 Å². The molecular weight excluding hydrogens is 152 g/mol. The van der Waals surface area contributed by atoms with Crippen LogP contribution < -0.4 is 9.63 Å².